The first-order chi connectivity index (χ1) is 11.8. The van der Waals surface area contributed by atoms with Crippen molar-refractivity contribution in [1.29, 1.82) is 0 Å². The van der Waals surface area contributed by atoms with E-state index in [1.807, 2.05) is 6.07 Å². The molecule has 1 atom stereocenters. The van der Waals surface area contributed by atoms with Crippen molar-refractivity contribution in [3.63, 3.8) is 0 Å². The van der Waals surface area contributed by atoms with Crippen molar-refractivity contribution in [3.05, 3.63) is 58.6 Å². The number of para-hydroxylation sites is 1. The first kappa shape index (κ1) is 19.0. The standard InChI is InChI=1S/C17H16BrF2N3O2/c1-23(9-16(24)21-14-5-3-2-4-12(14)18)10-17(25)22-15-7-6-11(19)8-13(15)20/h2-8H,9-10H2,1H3,(H,21,24)(H,22,25)/p+1. The lowest BCUT2D eigenvalue weighted by atomic mass is 10.3. The van der Waals surface area contributed by atoms with E-state index in [0.717, 1.165) is 16.6 Å². The molecule has 8 heteroatoms. The number of amides is 2. The van der Waals surface area contributed by atoms with E-state index in [4.69, 9.17) is 0 Å². The van der Waals surface area contributed by atoms with Gasteiger partial charge in [-0.25, -0.2) is 8.78 Å². The molecule has 0 bridgehead atoms. The van der Waals surface area contributed by atoms with Gasteiger partial charge < -0.3 is 15.5 Å². The van der Waals surface area contributed by atoms with E-state index in [-0.39, 0.29) is 24.7 Å². The molecule has 3 N–H and O–H groups in total. The molecule has 0 heterocycles. The molecule has 25 heavy (non-hydrogen) atoms. The summed E-state index contributed by atoms with van der Waals surface area (Å²) in [7, 11) is 1.67. The third kappa shape index (κ3) is 5.91. The quantitative estimate of drug-likeness (QED) is 0.677. The summed E-state index contributed by atoms with van der Waals surface area (Å²) < 4.78 is 27.1. The zero-order chi connectivity index (χ0) is 18.4. The Kier molecular flexibility index (Phi) is 6.60. The second kappa shape index (κ2) is 8.68. The van der Waals surface area contributed by atoms with Crippen LogP contribution in [0.4, 0.5) is 20.2 Å². The number of nitrogens with one attached hydrogen (secondary N) is 3. The van der Waals surface area contributed by atoms with Crippen molar-refractivity contribution >= 4 is 39.1 Å². The molecular formula is C17H17BrF2N3O2+. The minimum absolute atomic E-state index is 0.0415. The Morgan fingerprint density at radius 1 is 1.00 bits per heavy atom. The van der Waals surface area contributed by atoms with Crippen LogP contribution >= 0.6 is 15.9 Å². The van der Waals surface area contributed by atoms with Gasteiger partial charge in [0.05, 0.1) is 18.4 Å². The average molecular weight is 413 g/mol. The van der Waals surface area contributed by atoms with Crippen molar-refractivity contribution < 1.29 is 23.3 Å². The van der Waals surface area contributed by atoms with Crippen molar-refractivity contribution in [1.82, 2.24) is 0 Å². The lowest BCUT2D eigenvalue weighted by Gasteiger charge is -2.14. The fraction of sp³-hybridized carbons (Fsp3) is 0.176. The molecule has 0 aromatic heterocycles. The highest BCUT2D eigenvalue weighted by Crippen LogP contribution is 2.20. The lowest BCUT2D eigenvalue weighted by molar-refractivity contribution is -0.862. The zero-order valence-electron chi connectivity index (χ0n) is 13.4. The summed E-state index contributed by atoms with van der Waals surface area (Å²) in [4.78, 5) is 24.6. The predicted molar refractivity (Wildman–Crippen MR) is 94.4 cm³/mol. The van der Waals surface area contributed by atoms with Gasteiger partial charge in [0, 0.05) is 10.5 Å². The number of benzene rings is 2. The molecule has 2 amide bonds. The molecule has 0 spiro atoms. The third-order valence-corrected chi connectivity index (χ3v) is 3.97. The Morgan fingerprint density at radius 3 is 2.20 bits per heavy atom. The number of rotatable bonds is 6. The van der Waals surface area contributed by atoms with Crippen molar-refractivity contribution in [2.75, 3.05) is 30.8 Å². The van der Waals surface area contributed by atoms with E-state index in [9.17, 15) is 18.4 Å². The van der Waals surface area contributed by atoms with Crippen LogP contribution in [-0.4, -0.2) is 32.0 Å². The SMILES string of the molecule is C[NH+](CC(=O)Nc1ccc(F)cc1F)CC(=O)Nc1ccccc1Br. The minimum Gasteiger partial charge on any atom is -0.322 e. The zero-order valence-corrected chi connectivity index (χ0v) is 15.0. The predicted octanol–water partition coefficient (Wildman–Crippen LogP) is 1.82. The van der Waals surface area contributed by atoms with Crippen LogP contribution in [0, 0.1) is 11.6 Å². The molecule has 0 radical (unpaired) electrons. The highest BCUT2D eigenvalue weighted by molar-refractivity contribution is 9.10. The van der Waals surface area contributed by atoms with Crippen LogP contribution in [0.15, 0.2) is 46.9 Å². The van der Waals surface area contributed by atoms with Crippen LogP contribution in [0.25, 0.3) is 0 Å². The molecule has 1 unspecified atom stereocenters. The number of quaternary nitrogens is 1. The largest absolute Gasteiger partial charge is 0.322 e. The lowest BCUT2D eigenvalue weighted by Crippen LogP contribution is -3.11. The molecule has 0 aliphatic heterocycles. The Balaban J connectivity index is 1.84. The molecule has 2 aromatic rings. The van der Waals surface area contributed by atoms with Gasteiger partial charge in [-0.2, -0.15) is 0 Å². The maximum atomic E-state index is 13.5. The summed E-state index contributed by atoms with van der Waals surface area (Å²) >= 11 is 3.33. The van der Waals surface area contributed by atoms with Gasteiger partial charge in [0.2, 0.25) is 0 Å². The number of hydrogen-bond acceptors (Lipinski definition) is 2. The topological polar surface area (TPSA) is 62.6 Å². The number of hydrogen-bond donors (Lipinski definition) is 3. The first-order valence-electron chi connectivity index (χ1n) is 7.45. The summed E-state index contributed by atoms with van der Waals surface area (Å²) in [5.41, 5.74) is 0.537. The number of carbonyl (C=O) groups excluding carboxylic acids is 2. The molecule has 0 aliphatic carbocycles. The van der Waals surface area contributed by atoms with Gasteiger partial charge in [-0.1, -0.05) is 12.1 Å². The van der Waals surface area contributed by atoms with Gasteiger partial charge in [-0.3, -0.25) is 9.59 Å². The Hall–Kier alpha value is -2.32. The summed E-state index contributed by atoms with van der Waals surface area (Å²) in [6, 6.07) is 10.1. The fourth-order valence-corrected chi connectivity index (χ4v) is 2.54. The van der Waals surface area contributed by atoms with Gasteiger partial charge in [-0.15, -0.1) is 0 Å². The second-order valence-electron chi connectivity index (χ2n) is 5.51. The van der Waals surface area contributed by atoms with Crippen molar-refractivity contribution in [2.24, 2.45) is 0 Å². The number of carbonyl (C=O) groups is 2. The van der Waals surface area contributed by atoms with Gasteiger partial charge in [0.1, 0.15) is 11.6 Å². The van der Waals surface area contributed by atoms with Crippen LogP contribution in [-0.2, 0) is 9.59 Å². The maximum absolute atomic E-state index is 13.5. The second-order valence-corrected chi connectivity index (χ2v) is 6.37. The average Bonchev–Trinajstić information content (AvgIpc) is 2.52. The van der Waals surface area contributed by atoms with E-state index in [1.165, 1.54) is 0 Å². The number of halogens is 3. The van der Waals surface area contributed by atoms with E-state index in [0.29, 0.717) is 16.7 Å². The van der Waals surface area contributed by atoms with Crippen LogP contribution in [0.3, 0.4) is 0 Å². The molecule has 2 aromatic carbocycles. The van der Waals surface area contributed by atoms with E-state index in [1.54, 1.807) is 25.2 Å². The van der Waals surface area contributed by atoms with Gasteiger partial charge >= 0.3 is 0 Å². The molecule has 0 fully saturated rings. The smallest absolute Gasteiger partial charge is 0.279 e. The number of anilines is 2. The maximum Gasteiger partial charge on any atom is 0.279 e. The van der Waals surface area contributed by atoms with E-state index >= 15 is 0 Å². The van der Waals surface area contributed by atoms with Crippen molar-refractivity contribution in [2.45, 2.75) is 0 Å². The van der Waals surface area contributed by atoms with Crippen LogP contribution in [0.2, 0.25) is 0 Å². The summed E-state index contributed by atoms with van der Waals surface area (Å²) in [5.74, 6) is -2.30. The monoisotopic (exact) mass is 412 g/mol. The summed E-state index contributed by atoms with van der Waals surface area (Å²) in [6.45, 7) is 0.0147. The Morgan fingerprint density at radius 2 is 1.60 bits per heavy atom. The van der Waals surface area contributed by atoms with Gasteiger partial charge in [-0.05, 0) is 40.2 Å². The normalized spacial score (nSPS) is 11.7. The van der Waals surface area contributed by atoms with Crippen LogP contribution < -0.4 is 15.5 Å². The summed E-state index contributed by atoms with van der Waals surface area (Å²) in [6.07, 6.45) is 0. The van der Waals surface area contributed by atoms with Crippen LogP contribution in [0.5, 0.6) is 0 Å². The Labute approximate surface area is 152 Å². The molecule has 0 saturated carbocycles. The first-order valence-corrected chi connectivity index (χ1v) is 8.25. The molecule has 132 valence electrons. The van der Waals surface area contributed by atoms with Crippen molar-refractivity contribution in [3.8, 4) is 0 Å². The van der Waals surface area contributed by atoms with Gasteiger partial charge in [0.15, 0.2) is 13.1 Å². The van der Waals surface area contributed by atoms with E-state index < -0.39 is 17.5 Å². The Bertz CT molecular complexity index is 786. The van der Waals surface area contributed by atoms with E-state index in [2.05, 4.69) is 26.6 Å². The molecular weight excluding hydrogens is 396 g/mol. The highest BCUT2D eigenvalue weighted by Gasteiger charge is 2.16. The molecule has 5 nitrogen and oxygen atoms in total. The molecule has 0 saturated heterocycles. The van der Waals surface area contributed by atoms with Crippen LogP contribution in [0.1, 0.15) is 0 Å². The number of likely N-dealkylation sites (N-methyl/N-ethyl adjacent to an activating group) is 1. The summed E-state index contributed by atoms with van der Waals surface area (Å²) in [5, 5.41) is 5.10. The fourth-order valence-electron chi connectivity index (χ4n) is 2.15. The van der Waals surface area contributed by atoms with Gasteiger partial charge in [0.25, 0.3) is 11.8 Å². The third-order valence-electron chi connectivity index (χ3n) is 3.28. The minimum atomic E-state index is -0.849. The molecule has 0 aliphatic rings. The molecule has 2 rings (SSSR count). The highest BCUT2D eigenvalue weighted by atomic mass is 79.9.